The van der Waals surface area contributed by atoms with Crippen LogP contribution in [0.3, 0.4) is 0 Å². The minimum atomic E-state index is -3.90. The van der Waals surface area contributed by atoms with Crippen molar-refractivity contribution in [1.82, 2.24) is 14.5 Å². The topological polar surface area (TPSA) is 119 Å². The van der Waals surface area contributed by atoms with E-state index in [9.17, 15) is 18.6 Å². The molecule has 0 spiro atoms. The second-order valence-corrected chi connectivity index (χ2v) is 13.6. The first kappa shape index (κ1) is 34.0. The van der Waals surface area contributed by atoms with Crippen LogP contribution in [0.2, 0.25) is 15.1 Å². The van der Waals surface area contributed by atoms with E-state index in [0.29, 0.717) is 37.3 Å². The van der Waals surface area contributed by atoms with Crippen molar-refractivity contribution in [3.63, 3.8) is 0 Å². The molecule has 1 aromatic rings. The van der Waals surface area contributed by atoms with Gasteiger partial charge in [-0.1, -0.05) is 47.6 Å². The predicted molar refractivity (Wildman–Crippen MR) is 157 cm³/mol. The number of sulfonamides is 1. The number of nitrogens with two attached hydrogens (primary N) is 1. The van der Waals surface area contributed by atoms with Crippen LogP contribution in [0.25, 0.3) is 0 Å². The van der Waals surface area contributed by atoms with Crippen molar-refractivity contribution < 1.29 is 18.6 Å². The van der Waals surface area contributed by atoms with Crippen molar-refractivity contribution in [1.29, 1.82) is 0 Å². The fourth-order valence-corrected chi connectivity index (χ4v) is 7.34. The predicted octanol–water partition coefficient (Wildman–Crippen LogP) is 4.12. The minimum absolute atomic E-state index is 0.0114. The van der Waals surface area contributed by atoms with Gasteiger partial charge in [0, 0.05) is 50.3 Å². The molecule has 38 heavy (non-hydrogen) atoms. The van der Waals surface area contributed by atoms with E-state index in [1.54, 1.807) is 0 Å². The van der Waals surface area contributed by atoms with E-state index >= 15 is 0 Å². The fraction of sp³-hybridized carbons (Fsp3) is 0.769. The Morgan fingerprint density at radius 3 is 1.76 bits per heavy atom. The van der Waals surface area contributed by atoms with Gasteiger partial charge in [0.05, 0.1) is 27.3 Å². The number of hydrogen-bond donors (Lipinski definition) is 4. The number of hydrogen-bond acceptors (Lipinski definition) is 7. The van der Waals surface area contributed by atoms with E-state index in [1.807, 2.05) is 0 Å². The highest BCUT2D eigenvalue weighted by atomic mass is 35.5. The van der Waals surface area contributed by atoms with Gasteiger partial charge in [0.2, 0.25) is 10.0 Å². The highest BCUT2D eigenvalue weighted by Gasteiger charge is 2.28. The summed E-state index contributed by atoms with van der Waals surface area (Å²) in [6, 6.07) is 4.62. The lowest BCUT2D eigenvalue weighted by atomic mass is 9.97. The molecule has 0 bridgehead atoms. The molecule has 0 aliphatic carbocycles. The second-order valence-electron chi connectivity index (χ2n) is 10.7. The number of nitrogens with zero attached hydrogens (tertiary/aromatic N) is 2. The van der Waals surface area contributed by atoms with Crippen molar-refractivity contribution in [3.8, 4) is 0 Å². The van der Waals surface area contributed by atoms with Crippen LogP contribution in [0.5, 0.6) is 0 Å². The zero-order valence-electron chi connectivity index (χ0n) is 22.9. The summed E-state index contributed by atoms with van der Waals surface area (Å²) in [5.74, 6) is 0. The quantitative estimate of drug-likeness (QED) is 0.309. The van der Waals surface area contributed by atoms with E-state index in [4.69, 9.17) is 40.5 Å². The van der Waals surface area contributed by atoms with E-state index < -0.39 is 16.1 Å². The van der Waals surface area contributed by atoms with Gasteiger partial charge in [0.25, 0.3) is 0 Å². The molecule has 220 valence electrons. The van der Waals surface area contributed by atoms with E-state index in [2.05, 4.69) is 42.2 Å². The van der Waals surface area contributed by atoms with Gasteiger partial charge >= 0.3 is 0 Å². The van der Waals surface area contributed by atoms with E-state index in [0.717, 1.165) is 19.4 Å². The highest BCUT2D eigenvalue weighted by Crippen LogP contribution is 2.34. The number of halogens is 3. The molecule has 0 amide bonds. The maximum Gasteiger partial charge on any atom is 0.242 e. The molecule has 6 atom stereocenters. The fourth-order valence-electron chi connectivity index (χ4n) is 5.29. The van der Waals surface area contributed by atoms with Gasteiger partial charge in [-0.05, 0) is 65.5 Å². The first-order chi connectivity index (χ1) is 17.8. The first-order valence-electron chi connectivity index (χ1n) is 13.5. The molecule has 0 unspecified atom stereocenters. The molecule has 5 N–H and O–H groups in total. The molecule has 0 aromatic heterocycles. The molecule has 2 aliphatic rings. The molecule has 3 rings (SSSR count). The Morgan fingerprint density at radius 1 is 0.868 bits per heavy atom. The Hall–Kier alpha value is -0.200. The summed E-state index contributed by atoms with van der Waals surface area (Å²) >= 11 is 17.7. The van der Waals surface area contributed by atoms with E-state index in [1.165, 1.54) is 37.8 Å². The van der Waals surface area contributed by atoms with Gasteiger partial charge in [0.1, 0.15) is 4.90 Å². The zero-order valence-corrected chi connectivity index (χ0v) is 26.0. The Labute approximate surface area is 243 Å². The van der Waals surface area contributed by atoms with Crippen molar-refractivity contribution in [3.05, 3.63) is 27.2 Å². The number of aliphatic hydroxyl groups is 2. The lowest BCUT2D eigenvalue weighted by Gasteiger charge is -2.40. The van der Waals surface area contributed by atoms with Crippen LogP contribution in [0, 0.1) is 0 Å². The number of nitrogens with one attached hydrogen (secondary N) is 1. The van der Waals surface area contributed by atoms with Crippen LogP contribution in [-0.4, -0.2) is 91.0 Å². The van der Waals surface area contributed by atoms with Gasteiger partial charge in [-0.2, -0.15) is 0 Å². The molecule has 0 saturated carbocycles. The molecule has 1 aromatic carbocycles. The summed E-state index contributed by atoms with van der Waals surface area (Å²) in [7, 11) is -3.90. The SMILES string of the molecule is C[C@@H]1CCC[C@H](C)N1C[C@@H](O)CN.C[C@@H]1CCC[C@H](C)N1C[C@@H](O)CNS(=O)(=O)c1ccc(Cl)c(Cl)c1Cl. The number of likely N-dealkylation sites (tertiary alicyclic amines) is 2. The number of β-amino-alcohol motifs (C(OH)–C–C–N with tert-alkyl or cyclic N) is 2. The lowest BCUT2D eigenvalue weighted by molar-refractivity contribution is 0.0438. The summed E-state index contributed by atoms with van der Waals surface area (Å²) in [4.78, 5) is 4.44. The lowest BCUT2D eigenvalue weighted by Crippen LogP contribution is -2.49. The van der Waals surface area contributed by atoms with Crippen LogP contribution < -0.4 is 10.5 Å². The molecule has 8 nitrogen and oxygen atoms in total. The molecular formula is C26H45Cl3N4O4S. The third-order valence-corrected chi connectivity index (χ3v) is 10.5. The molecular weight excluding hydrogens is 571 g/mol. The van der Waals surface area contributed by atoms with Crippen LogP contribution in [0.15, 0.2) is 17.0 Å². The summed E-state index contributed by atoms with van der Waals surface area (Å²) in [6.45, 7) is 10.1. The third-order valence-electron chi connectivity index (χ3n) is 7.67. The molecule has 2 aliphatic heterocycles. The normalized spacial score (nSPS) is 26.9. The average Bonchev–Trinajstić information content (AvgIpc) is 2.86. The zero-order chi connectivity index (χ0) is 28.6. The third kappa shape index (κ3) is 9.72. The van der Waals surface area contributed by atoms with Crippen LogP contribution in [0.1, 0.15) is 66.2 Å². The molecule has 0 radical (unpaired) electrons. The molecule has 2 fully saturated rings. The largest absolute Gasteiger partial charge is 0.390 e. The maximum absolute atomic E-state index is 12.4. The Balaban J connectivity index is 0.000000328. The number of rotatable bonds is 9. The Bertz CT molecular complexity index is 967. The summed E-state index contributed by atoms with van der Waals surface area (Å²) < 4.78 is 27.2. The molecule has 2 saturated heterocycles. The monoisotopic (exact) mass is 614 g/mol. The van der Waals surface area contributed by atoms with Gasteiger partial charge in [-0.25, -0.2) is 13.1 Å². The molecule has 12 heteroatoms. The second kappa shape index (κ2) is 15.7. The number of benzene rings is 1. The van der Waals surface area contributed by atoms with Gasteiger partial charge in [-0.15, -0.1) is 0 Å². The van der Waals surface area contributed by atoms with Crippen molar-refractivity contribution in [2.45, 2.75) is 107 Å². The number of aliphatic hydroxyl groups excluding tert-OH is 2. The van der Waals surface area contributed by atoms with Crippen LogP contribution in [-0.2, 0) is 10.0 Å². The van der Waals surface area contributed by atoms with Crippen molar-refractivity contribution in [2.75, 3.05) is 26.2 Å². The van der Waals surface area contributed by atoms with Gasteiger partial charge < -0.3 is 15.9 Å². The minimum Gasteiger partial charge on any atom is -0.390 e. The average molecular weight is 616 g/mol. The highest BCUT2D eigenvalue weighted by molar-refractivity contribution is 7.89. The molecule has 2 heterocycles. The van der Waals surface area contributed by atoms with Crippen LogP contribution in [0.4, 0.5) is 0 Å². The van der Waals surface area contributed by atoms with Gasteiger partial charge in [0.15, 0.2) is 0 Å². The first-order valence-corrected chi connectivity index (χ1v) is 16.1. The van der Waals surface area contributed by atoms with Gasteiger partial charge in [-0.3, -0.25) is 9.80 Å². The summed E-state index contributed by atoms with van der Waals surface area (Å²) in [5, 5.41) is 19.8. The standard InChI is InChI=1S/C16H23Cl3N2O3S.C10H22N2O/c1-10-4-3-5-11(2)21(10)9-12(22)8-20-25(23,24)14-7-6-13(17)15(18)16(14)19;1-8-4-3-5-9(2)12(8)7-10(13)6-11/h6-7,10-12,20,22H,3-5,8-9H2,1-2H3;8-10,13H,3-7,11H2,1-2H3/t10-,11+,12-;8-,9+,10-/m00/s1. The smallest absolute Gasteiger partial charge is 0.242 e. The van der Waals surface area contributed by atoms with Crippen molar-refractivity contribution >= 4 is 44.8 Å². The van der Waals surface area contributed by atoms with E-state index in [-0.39, 0.29) is 32.6 Å². The number of piperidine rings is 2. The Kier molecular flexibility index (Phi) is 14.1. The Morgan fingerprint density at radius 2 is 1.32 bits per heavy atom. The summed E-state index contributed by atoms with van der Waals surface area (Å²) in [6.07, 6.45) is 5.99. The van der Waals surface area contributed by atoms with Crippen LogP contribution >= 0.6 is 34.8 Å². The summed E-state index contributed by atoms with van der Waals surface area (Å²) in [5.41, 5.74) is 5.40. The van der Waals surface area contributed by atoms with Crippen molar-refractivity contribution in [2.24, 2.45) is 5.73 Å². The maximum atomic E-state index is 12.4.